The molecule has 0 aliphatic rings. The Bertz CT molecular complexity index is 610. The molecule has 0 aliphatic heterocycles. The fraction of sp³-hybridized carbons (Fsp3) is 0.231. The molecule has 1 heterocycles. The molecular weight excluding hydrogens is 249 g/mol. The number of aromatic hydroxyl groups is 1. The van der Waals surface area contributed by atoms with Gasteiger partial charge in [0.15, 0.2) is 0 Å². The van der Waals surface area contributed by atoms with Gasteiger partial charge < -0.3 is 15.4 Å². The number of aryl methyl sites for hydroxylation is 1. The number of carbonyl (C=O) groups is 1. The van der Waals surface area contributed by atoms with E-state index in [1.165, 1.54) is 0 Å². The third-order valence-corrected chi connectivity index (χ3v) is 2.68. The molecule has 1 unspecified atom stereocenters. The third kappa shape index (κ3) is 2.90. The molecule has 19 heavy (non-hydrogen) atoms. The van der Waals surface area contributed by atoms with Crippen LogP contribution in [0.2, 0.25) is 0 Å². The monoisotopic (exact) mass is 263 g/mol. The number of rotatable bonds is 3. The summed E-state index contributed by atoms with van der Waals surface area (Å²) < 4.78 is 13.1. The van der Waals surface area contributed by atoms with Gasteiger partial charge in [-0.1, -0.05) is 0 Å². The van der Waals surface area contributed by atoms with Crippen molar-refractivity contribution in [3.63, 3.8) is 0 Å². The standard InChI is InChI=1S/C13H14FN3O2/c1-7-6-15-12(16-7)8(2)17-13(19)10-5-9(14)3-4-11(10)18/h3-6,8,18H,1-2H3,(H,15,16)(H,17,19). The number of imidazole rings is 1. The van der Waals surface area contributed by atoms with Crippen molar-refractivity contribution in [2.75, 3.05) is 0 Å². The molecule has 0 bridgehead atoms. The molecule has 0 radical (unpaired) electrons. The number of hydrogen-bond acceptors (Lipinski definition) is 3. The minimum atomic E-state index is -0.579. The maximum atomic E-state index is 13.1. The fourth-order valence-corrected chi connectivity index (χ4v) is 1.69. The number of benzene rings is 1. The molecule has 0 spiro atoms. The number of nitrogens with zero attached hydrogens (tertiary/aromatic N) is 1. The molecule has 3 N–H and O–H groups in total. The highest BCUT2D eigenvalue weighted by atomic mass is 19.1. The number of H-pyrrole nitrogens is 1. The molecule has 100 valence electrons. The lowest BCUT2D eigenvalue weighted by Crippen LogP contribution is -2.27. The van der Waals surface area contributed by atoms with Crippen molar-refractivity contribution in [2.24, 2.45) is 0 Å². The van der Waals surface area contributed by atoms with Crippen LogP contribution < -0.4 is 5.32 Å². The Morgan fingerprint density at radius 1 is 1.53 bits per heavy atom. The first-order valence-corrected chi connectivity index (χ1v) is 5.78. The molecule has 0 saturated heterocycles. The van der Waals surface area contributed by atoms with E-state index in [0.717, 1.165) is 23.9 Å². The molecule has 6 heteroatoms. The van der Waals surface area contributed by atoms with Gasteiger partial charge in [0.05, 0.1) is 11.6 Å². The molecule has 1 aromatic heterocycles. The smallest absolute Gasteiger partial charge is 0.255 e. The first kappa shape index (κ1) is 13.1. The summed E-state index contributed by atoms with van der Waals surface area (Å²) in [6.45, 7) is 3.59. The predicted octanol–water partition coefficient (Wildman–Crippen LogP) is 2.05. The van der Waals surface area contributed by atoms with Gasteiger partial charge in [0, 0.05) is 11.9 Å². The average molecular weight is 263 g/mol. The van der Waals surface area contributed by atoms with Crippen LogP contribution in [0.15, 0.2) is 24.4 Å². The molecule has 5 nitrogen and oxygen atoms in total. The second kappa shape index (κ2) is 5.09. The van der Waals surface area contributed by atoms with Gasteiger partial charge in [-0.05, 0) is 32.0 Å². The van der Waals surface area contributed by atoms with Crippen molar-refractivity contribution in [3.8, 4) is 5.75 Å². The van der Waals surface area contributed by atoms with E-state index in [0.29, 0.717) is 5.82 Å². The highest BCUT2D eigenvalue weighted by Crippen LogP contribution is 2.19. The van der Waals surface area contributed by atoms with E-state index in [4.69, 9.17) is 0 Å². The maximum Gasteiger partial charge on any atom is 0.255 e. The topological polar surface area (TPSA) is 78.0 Å². The average Bonchev–Trinajstić information content (AvgIpc) is 2.79. The van der Waals surface area contributed by atoms with Crippen LogP contribution in [0.1, 0.15) is 34.8 Å². The summed E-state index contributed by atoms with van der Waals surface area (Å²) >= 11 is 0. The minimum absolute atomic E-state index is 0.102. The van der Waals surface area contributed by atoms with E-state index in [9.17, 15) is 14.3 Å². The lowest BCUT2D eigenvalue weighted by Gasteiger charge is -2.12. The van der Waals surface area contributed by atoms with E-state index in [-0.39, 0.29) is 17.4 Å². The SMILES string of the molecule is Cc1cnc(C(C)NC(=O)c2cc(F)ccc2O)[nH]1. The lowest BCUT2D eigenvalue weighted by molar-refractivity contribution is 0.0935. The Kier molecular flexibility index (Phi) is 3.50. The Hall–Kier alpha value is -2.37. The molecule has 0 saturated carbocycles. The van der Waals surface area contributed by atoms with E-state index in [1.54, 1.807) is 13.1 Å². The van der Waals surface area contributed by atoms with Crippen LogP contribution in [-0.4, -0.2) is 21.0 Å². The van der Waals surface area contributed by atoms with Crippen LogP contribution >= 0.6 is 0 Å². The molecular formula is C13H14FN3O2. The quantitative estimate of drug-likeness (QED) is 0.793. The number of phenols is 1. The number of carbonyl (C=O) groups excluding carboxylic acids is 1. The summed E-state index contributed by atoms with van der Waals surface area (Å²) in [5, 5.41) is 12.2. The summed E-state index contributed by atoms with van der Waals surface area (Å²) in [6.07, 6.45) is 1.65. The zero-order chi connectivity index (χ0) is 14.0. The number of aromatic amines is 1. The van der Waals surface area contributed by atoms with Gasteiger partial charge in [0.2, 0.25) is 0 Å². The van der Waals surface area contributed by atoms with Gasteiger partial charge in [0.1, 0.15) is 17.4 Å². The number of halogens is 1. The van der Waals surface area contributed by atoms with Gasteiger partial charge in [-0.2, -0.15) is 0 Å². The van der Waals surface area contributed by atoms with Crippen LogP contribution in [0.3, 0.4) is 0 Å². The highest BCUT2D eigenvalue weighted by molar-refractivity contribution is 5.96. The Morgan fingerprint density at radius 2 is 2.26 bits per heavy atom. The Labute approximate surface area is 109 Å². The third-order valence-electron chi connectivity index (χ3n) is 2.68. The Balaban J connectivity index is 2.15. The molecule has 0 fully saturated rings. The van der Waals surface area contributed by atoms with E-state index >= 15 is 0 Å². The second-order valence-corrected chi connectivity index (χ2v) is 4.31. The summed E-state index contributed by atoms with van der Waals surface area (Å²) in [7, 11) is 0. The zero-order valence-corrected chi connectivity index (χ0v) is 10.6. The van der Waals surface area contributed by atoms with Crippen molar-refractivity contribution >= 4 is 5.91 Å². The minimum Gasteiger partial charge on any atom is -0.507 e. The van der Waals surface area contributed by atoms with Gasteiger partial charge in [-0.25, -0.2) is 9.37 Å². The van der Waals surface area contributed by atoms with Crippen LogP contribution in [0.5, 0.6) is 5.75 Å². The molecule has 1 atom stereocenters. The number of aromatic nitrogens is 2. The molecule has 1 aromatic carbocycles. The molecule has 2 aromatic rings. The predicted molar refractivity (Wildman–Crippen MR) is 67.3 cm³/mol. The number of amides is 1. The maximum absolute atomic E-state index is 13.1. The van der Waals surface area contributed by atoms with Gasteiger partial charge >= 0.3 is 0 Å². The largest absolute Gasteiger partial charge is 0.507 e. The molecule has 0 aliphatic carbocycles. The van der Waals surface area contributed by atoms with Crippen LogP contribution in [0.25, 0.3) is 0 Å². The van der Waals surface area contributed by atoms with Gasteiger partial charge in [0.25, 0.3) is 5.91 Å². The lowest BCUT2D eigenvalue weighted by atomic mass is 10.1. The van der Waals surface area contributed by atoms with E-state index in [1.807, 2.05) is 6.92 Å². The molecule has 2 rings (SSSR count). The van der Waals surface area contributed by atoms with Crippen LogP contribution in [0, 0.1) is 12.7 Å². The summed E-state index contributed by atoms with van der Waals surface area (Å²) in [6, 6.07) is 2.85. The zero-order valence-electron chi connectivity index (χ0n) is 10.6. The van der Waals surface area contributed by atoms with E-state index in [2.05, 4.69) is 15.3 Å². The fourth-order valence-electron chi connectivity index (χ4n) is 1.69. The van der Waals surface area contributed by atoms with E-state index < -0.39 is 11.7 Å². The van der Waals surface area contributed by atoms with Crippen LogP contribution in [-0.2, 0) is 0 Å². The van der Waals surface area contributed by atoms with Gasteiger partial charge in [-0.3, -0.25) is 4.79 Å². The molecule has 1 amide bonds. The van der Waals surface area contributed by atoms with Gasteiger partial charge in [-0.15, -0.1) is 0 Å². The van der Waals surface area contributed by atoms with Crippen molar-refractivity contribution in [2.45, 2.75) is 19.9 Å². The first-order valence-electron chi connectivity index (χ1n) is 5.78. The summed E-state index contributed by atoms with van der Waals surface area (Å²) in [5.41, 5.74) is 0.778. The number of hydrogen-bond donors (Lipinski definition) is 3. The Morgan fingerprint density at radius 3 is 2.89 bits per heavy atom. The normalized spacial score (nSPS) is 12.2. The van der Waals surface area contributed by atoms with Crippen molar-refractivity contribution < 1.29 is 14.3 Å². The highest BCUT2D eigenvalue weighted by Gasteiger charge is 2.17. The van der Waals surface area contributed by atoms with Crippen molar-refractivity contribution in [3.05, 3.63) is 47.3 Å². The summed E-state index contributed by atoms with van der Waals surface area (Å²) in [5.74, 6) is -0.800. The van der Waals surface area contributed by atoms with Crippen molar-refractivity contribution in [1.82, 2.24) is 15.3 Å². The first-order chi connectivity index (χ1) is 8.97. The number of phenolic OH excluding ortho intramolecular Hbond substituents is 1. The number of nitrogens with one attached hydrogen (secondary N) is 2. The second-order valence-electron chi connectivity index (χ2n) is 4.31. The summed E-state index contributed by atoms with van der Waals surface area (Å²) in [4.78, 5) is 19.0. The van der Waals surface area contributed by atoms with Crippen molar-refractivity contribution in [1.29, 1.82) is 0 Å². The van der Waals surface area contributed by atoms with Crippen LogP contribution in [0.4, 0.5) is 4.39 Å².